The Morgan fingerprint density at radius 1 is 1.18 bits per heavy atom. The largest absolute Gasteiger partial charge is 0.381 e. The fraction of sp³-hybridized carbons (Fsp3) is 0.538. The highest BCUT2D eigenvalue weighted by molar-refractivity contribution is 6.14. The molecule has 0 saturated carbocycles. The van der Waals surface area contributed by atoms with Crippen LogP contribution in [0.2, 0.25) is 0 Å². The Morgan fingerprint density at radius 3 is 2.65 bits per heavy atom. The highest BCUT2D eigenvalue weighted by atomic mass is 16.3. The summed E-state index contributed by atoms with van der Waals surface area (Å²) in [6, 6.07) is 7.89. The molecule has 2 aliphatic rings. The van der Waals surface area contributed by atoms with E-state index in [9.17, 15) is 5.11 Å². The summed E-state index contributed by atoms with van der Waals surface area (Å²) in [4.78, 5) is 0. The Morgan fingerprint density at radius 2 is 1.88 bits per heavy atom. The molecule has 4 heteroatoms. The number of hydrogen-bond donors (Lipinski definition) is 3. The molecule has 2 aliphatic heterocycles. The van der Waals surface area contributed by atoms with Crippen molar-refractivity contribution in [3.63, 3.8) is 0 Å². The molecule has 1 spiro atoms. The summed E-state index contributed by atoms with van der Waals surface area (Å²) < 4.78 is 0. The van der Waals surface area contributed by atoms with Gasteiger partial charge in [0.15, 0.2) is 0 Å². The number of hydrogen-bond acceptors (Lipinski definition) is 3. The lowest BCUT2D eigenvalue weighted by atomic mass is 9.69. The number of benzene rings is 1. The first kappa shape index (κ1) is 11.3. The molecule has 3 N–H and O–H groups in total. The van der Waals surface area contributed by atoms with Gasteiger partial charge in [0.05, 0.1) is 5.62 Å². The van der Waals surface area contributed by atoms with E-state index >= 15 is 0 Å². The van der Waals surface area contributed by atoms with Crippen LogP contribution in [-0.4, -0.2) is 31.6 Å². The summed E-state index contributed by atoms with van der Waals surface area (Å²) in [7, 11) is 6.02. The Labute approximate surface area is 103 Å². The molecule has 1 aromatic rings. The lowest BCUT2D eigenvalue weighted by Crippen LogP contribution is -2.64. The molecule has 3 nitrogen and oxygen atoms in total. The second-order valence-corrected chi connectivity index (χ2v) is 5.26. The lowest BCUT2D eigenvalue weighted by molar-refractivity contribution is 0.0224. The summed E-state index contributed by atoms with van der Waals surface area (Å²) in [6.07, 6.45) is 2.95. The second kappa shape index (κ2) is 3.84. The third-order valence-corrected chi connectivity index (χ3v) is 3.97. The Balaban J connectivity index is 2.00. The Bertz CT molecular complexity index is 427. The molecule has 0 aromatic heterocycles. The molecule has 0 bridgehead atoms. The average molecular weight is 228 g/mol. The summed E-state index contributed by atoms with van der Waals surface area (Å²) in [6.45, 7) is 1.95. The van der Waals surface area contributed by atoms with Gasteiger partial charge in [0, 0.05) is 5.54 Å². The van der Waals surface area contributed by atoms with Gasteiger partial charge in [-0.15, -0.1) is 0 Å². The Hall–Kier alpha value is -0.835. The number of nitrogens with one attached hydrogen (secondary N) is 2. The van der Waals surface area contributed by atoms with Crippen LogP contribution in [0.1, 0.15) is 24.0 Å². The zero-order chi connectivity index (χ0) is 11.9. The quantitative estimate of drug-likeness (QED) is 0.557. The standard InChI is InChI=1S/C13H17BN2O/c14-13(17)11-4-2-1-3-10(11)9-12(16-13)5-7-15-8-6-12/h1-4,15-17H,5-9H2. The minimum atomic E-state index is -1.40. The van der Waals surface area contributed by atoms with Gasteiger partial charge in [-0.1, -0.05) is 24.3 Å². The van der Waals surface area contributed by atoms with Gasteiger partial charge in [0.1, 0.15) is 7.85 Å². The summed E-state index contributed by atoms with van der Waals surface area (Å²) in [5.41, 5.74) is 0.525. The molecule has 88 valence electrons. The van der Waals surface area contributed by atoms with Crippen molar-refractivity contribution in [1.82, 2.24) is 10.6 Å². The van der Waals surface area contributed by atoms with E-state index in [2.05, 4.69) is 16.7 Å². The number of aliphatic hydroxyl groups is 1. The molecule has 17 heavy (non-hydrogen) atoms. The molecule has 0 aliphatic carbocycles. The van der Waals surface area contributed by atoms with Gasteiger partial charge in [-0.05, 0) is 43.5 Å². The predicted molar refractivity (Wildman–Crippen MR) is 67.8 cm³/mol. The minimum absolute atomic E-state index is 0.0525. The summed E-state index contributed by atoms with van der Waals surface area (Å²) in [5, 5.41) is 17.0. The molecular weight excluding hydrogens is 211 g/mol. The number of rotatable bonds is 0. The van der Waals surface area contributed by atoms with Crippen LogP contribution in [-0.2, 0) is 12.0 Å². The SMILES string of the molecule is [B]C1(O)NC2(CCNCC2)Cc2ccccc21. The topological polar surface area (TPSA) is 44.3 Å². The summed E-state index contributed by atoms with van der Waals surface area (Å²) in [5.74, 6) is 0. The minimum Gasteiger partial charge on any atom is -0.381 e. The van der Waals surface area contributed by atoms with Crippen LogP contribution in [0.5, 0.6) is 0 Å². The fourth-order valence-corrected chi connectivity index (χ4v) is 3.13. The Kier molecular flexibility index (Phi) is 2.54. The van der Waals surface area contributed by atoms with E-state index in [-0.39, 0.29) is 5.54 Å². The van der Waals surface area contributed by atoms with Gasteiger partial charge in [-0.25, -0.2) is 0 Å². The van der Waals surface area contributed by atoms with Crippen LogP contribution < -0.4 is 10.6 Å². The van der Waals surface area contributed by atoms with Crippen molar-refractivity contribution in [2.75, 3.05) is 13.1 Å². The maximum atomic E-state index is 10.4. The zero-order valence-electron chi connectivity index (χ0n) is 9.87. The average Bonchev–Trinajstić information content (AvgIpc) is 2.29. The smallest absolute Gasteiger partial charge is 0.142 e. The van der Waals surface area contributed by atoms with Crippen LogP contribution in [0.15, 0.2) is 24.3 Å². The van der Waals surface area contributed by atoms with Crippen molar-refractivity contribution in [2.24, 2.45) is 0 Å². The normalized spacial score (nSPS) is 31.1. The van der Waals surface area contributed by atoms with Crippen LogP contribution in [0.25, 0.3) is 0 Å². The molecule has 0 amide bonds. The van der Waals surface area contributed by atoms with Crippen molar-refractivity contribution >= 4 is 7.85 Å². The molecule has 1 atom stereocenters. The summed E-state index contributed by atoms with van der Waals surface area (Å²) >= 11 is 0. The molecule has 1 fully saturated rings. The molecule has 1 unspecified atom stereocenters. The van der Waals surface area contributed by atoms with Crippen molar-refractivity contribution in [1.29, 1.82) is 0 Å². The van der Waals surface area contributed by atoms with E-state index < -0.39 is 5.62 Å². The van der Waals surface area contributed by atoms with E-state index in [0.29, 0.717) is 0 Å². The predicted octanol–water partition coefficient (Wildman–Crippen LogP) is 0.226. The lowest BCUT2D eigenvalue weighted by Gasteiger charge is -2.49. The number of piperidine rings is 1. The van der Waals surface area contributed by atoms with Gasteiger partial charge in [-0.3, -0.25) is 5.32 Å². The number of fused-ring (bicyclic) bond motifs is 1. The van der Waals surface area contributed by atoms with Gasteiger partial charge in [-0.2, -0.15) is 0 Å². The molecule has 2 radical (unpaired) electrons. The van der Waals surface area contributed by atoms with E-state index in [1.807, 2.05) is 18.2 Å². The van der Waals surface area contributed by atoms with Gasteiger partial charge in [0.25, 0.3) is 0 Å². The second-order valence-electron chi connectivity index (χ2n) is 5.26. The molecule has 2 heterocycles. The van der Waals surface area contributed by atoms with Gasteiger partial charge >= 0.3 is 0 Å². The van der Waals surface area contributed by atoms with E-state index in [4.69, 9.17) is 7.85 Å². The van der Waals surface area contributed by atoms with Crippen molar-refractivity contribution in [2.45, 2.75) is 30.4 Å². The van der Waals surface area contributed by atoms with Gasteiger partial charge < -0.3 is 10.4 Å². The molecular formula is C13H17BN2O. The van der Waals surface area contributed by atoms with Crippen LogP contribution in [0.4, 0.5) is 0 Å². The first-order valence-corrected chi connectivity index (χ1v) is 6.21. The molecule has 3 rings (SSSR count). The van der Waals surface area contributed by atoms with Crippen LogP contribution in [0.3, 0.4) is 0 Å². The van der Waals surface area contributed by atoms with E-state index in [1.165, 1.54) is 0 Å². The maximum Gasteiger partial charge on any atom is 0.142 e. The van der Waals surface area contributed by atoms with Gasteiger partial charge in [0.2, 0.25) is 0 Å². The molecule has 1 aromatic carbocycles. The highest BCUT2D eigenvalue weighted by Gasteiger charge is 2.43. The van der Waals surface area contributed by atoms with Crippen molar-refractivity contribution in [3.8, 4) is 0 Å². The monoisotopic (exact) mass is 228 g/mol. The first-order chi connectivity index (χ1) is 8.11. The highest BCUT2D eigenvalue weighted by Crippen LogP contribution is 2.35. The third kappa shape index (κ3) is 1.90. The maximum absolute atomic E-state index is 10.4. The van der Waals surface area contributed by atoms with E-state index in [1.54, 1.807) is 0 Å². The molecule has 1 saturated heterocycles. The first-order valence-electron chi connectivity index (χ1n) is 6.21. The van der Waals surface area contributed by atoms with E-state index in [0.717, 1.165) is 43.5 Å². The van der Waals surface area contributed by atoms with Crippen molar-refractivity contribution < 1.29 is 5.11 Å². The third-order valence-electron chi connectivity index (χ3n) is 3.97. The van der Waals surface area contributed by atoms with Crippen LogP contribution in [0, 0.1) is 0 Å². The fourth-order valence-electron chi connectivity index (χ4n) is 3.13. The van der Waals surface area contributed by atoms with Crippen LogP contribution >= 0.6 is 0 Å². The van der Waals surface area contributed by atoms with Crippen molar-refractivity contribution in [3.05, 3.63) is 35.4 Å². The zero-order valence-corrected chi connectivity index (χ0v) is 9.87.